The summed E-state index contributed by atoms with van der Waals surface area (Å²) in [6.45, 7) is 2.37. The molecule has 0 spiro atoms. The third-order valence-electron chi connectivity index (χ3n) is 5.57. The van der Waals surface area contributed by atoms with Crippen LogP contribution < -0.4 is 15.8 Å². The van der Waals surface area contributed by atoms with Crippen molar-refractivity contribution in [2.45, 2.75) is 26.0 Å². The molecule has 7 nitrogen and oxygen atoms in total. The fourth-order valence-corrected chi connectivity index (χ4v) is 4.36. The number of rotatable bonds is 7. The van der Waals surface area contributed by atoms with Crippen molar-refractivity contribution >= 4 is 34.9 Å². The van der Waals surface area contributed by atoms with Gasteiger partial charge in [0.2, 0.25) is 5.91 Å². The summed E-state index contributed by atoms with van der Waals surface area (Å²) in [7, 11) is 1.65. The average molecular weight is 478 g/mol. The van der Waals surface area contributed by atoms with E-state index in [2.05, 4.69) is 15.4 Å². The summed E-state index contributed by atoms with van der Waals surface area (Å²) in [5, 5.41) is 7.28. The van der Waals surface area contributed by atoms with Crippen LogP contribution in [0.25, 0.3) is 11.1 Å². The van der Waals surface area contributed by atoms with E-state index in [0.29, 0.717) is 22.9 Å². The van der Waals surface area contributed by atoms with Crippen molar-refractivity contribution in [2.24, 2.45) is 11.8 Å². The molecule has 3 atom stereocenters. The van der Waals surface area contributed by atoms with Gasteiger partial charge in [0.25, 0.3) is 0 Å². The number of nitrogens with zero attached hydrogens (tertiary/aromatic N) is 3. The molecular weight excluding hydrogens is 456 g/mol. The van der Waals surface area contributed by atoms with Gasteiger partial charge in [-0.1, -0.05) is 23.2 Å². The fourth-order valence-electron chi connectivity index (χ4n) is 3.68. The fraction of sp³-hybridized carbons (Fsp3) is 0.318. The predicted molar refractivity (Wildman–Crippen MR) is 121 cm³/mol. The van der Waals surface area contributed by atoms with Gasteiger partial charge in [-0.05, 0) is 37.5 Å². The molecule has 10 heteroatoms. The van der Waals surface area contributed by atoms with E-state index >= 15 is 0 Å². The van der Waals surface area contributed by atoms with Gasteiger partial charge in [0, 0.05) is 53.6 Å². The average Bonchev–Trinajstić information content (AvgIpc) is 3.37. The molecule has 1 fully saturated rings. The molecule has 1 aliphatic carbocycles. The van der Waals surface area contributed by atoms with Gasteiger partial charge in [0.15, 0.2) is 11.6 Å². The van der Waals surface area contributed by atoms with Crippen molar-refractivity contribution in [1.82, 2.24) is 20.1 Å². The lowest BCUT2D eigenvalue weighted by molar-refractivity contribution is -0.122. The number of hydrogen-bond donors (Lipinski definition) is 2. The zero-order chi connectivity index (χ0) is 23.0. The molecule has 4 rings (SSSR count). The van der Waals surface area contributed by atoms with Crippen LogP contribution in [0.3, 0.4) is 0 Å². The molecule has 2 aromatic heterocycles. The third-order valence-corrected chi connectivity index (χ3v) is 6.28. The van der Waals surface area contributed by atoms with Crippen LogP contribution in [0.2, 0.25) is 10.0 Å². The Kier molecular flexibility index (Phi) is 6.26. The minimum atomic E-state index is -0.663. The number of carbonyl (C=O) groups excluding carboxylic acids is 1. The van der Waals surface area contributed by atoms with Gasteiger partial charge in [-0.2, -0.15) is 5.10 Å². The molecule has 0 radical (unpaired) electrons. The Hall–Kier alpha value is -2.84. The number of halogens is 3. The van der Waals surface area contributed by atoms with E-state index in [1.54, 1.807) is 32.4 Å². The first-order valence-electron chi connectivity index (χ1n) is 10.1. The molecule has 3 N–H and O–H groups in total. The van der Waals surface area contributed by atoms with Crippen LogP contribution in [0.4, 0.5) is 10.2 Å². The van der Waals surface area contributed by atoms with E-state index in [1.807, 2.05) is 10.9 Å². The number of carbonyl (C=O) groups is 1. The zero-order valence-corrected chi connectivity index (χ0v) is 19.0. The highest BCUT2D eigenvalue weighted by atomic mass is 35.5. The minimum Gasteiger partial charge on any atom is -0.482 e. The minimum absolute atomic E-state index is 0.0498. The number of pyridine rings is 1. The van der Waals surface area contributed by atoms with Crippen LogP contribution in [0.1, 0.15) is 25.0 Å². The number of benzene rings is 1. The van der Waals surface area contributed by atoms with Gasteiger partial charge in [-0.25, -0.2) is 9.37 Å². The quantitative estimate of drug-likeness (QED) is 0.488. The van der Waals surface area contributed by atoms with Crippen molar-refractivity contribution < 1.29 is 13.9 Å². The van der Waals surface area contributed by atoms with E-state index in [-0.39, 0.29) is 28.6 Å². The summed E-state index contributed by atoms with van der Waals surface area (Å²) in [6, 6.07) is 4.37. The number of amides is 1. The normalized spacial score (nSPS) is 18.3. The maximum absolute atomic E-state index is 13.9. The summed E-state index contributed by atoms with van der Waals surface area (Å²) in [6.07, 6.45) is 5.43. The summed E-state index contributed by atoms with van der Waals surface area (Å²) in [5.74, 6) is 0.327. The highest BCUT2D eigenvalue weighted by molar-refractivity contribution is 6.36. The monoisotopic (exact) mass is 477 g/mol. The molecule has 2 heterocycles. The maximum atomic E-state index is 13.9. The molecule has 1 saturated carbocycles. The Labute approximate surface area is 194 Å². The zero-order valence-electron chi connectivity index (χ0n) is 17.5. The molecule has 3 aromatic rings. The maximum Gasteiger partial charge on any atom is 0.223 e. The Morgan fingerprint density at radius 2 is 2.16 bits per heavy atom. The van der Waals surface area contributed by atoms with E-state index in [0.717, 1.165) is 17.5 Å². The molecule has 2 unspecified atom stereocenters. The molecule has 168 valence electrons. The Morgan fingerprint density at radius 1 is 1.38 bits per heavy atom. The summed E-state index contributed by atoms with van der Waals surface area (Å²) < 4.78 is 21.7. The highest BCUT2D eigenvalue weighted by Crippen LogP contribution is 2.40. The molecular formula is C22H22Cl2FN5O2. The first-order chi connectivity index (χ1) is 15.3. The SMILES string of the molecule is CNC(=O)[C@H]1CC1Cn1cc(-c2cnc(N)c(OC(C)c3c(Cl)ccc(F)c3Cl)c2)cn1. The number of nitrogens with one attached hydrogen (secondary N) is 1. The van der Waals surface area contributed by atoms with E-state index in [9.17, 15) is 9.18 Å². The first-order valence-corrected chi connectivity index (χ1v) is 10.8. The first kappa shape index (κ1) is 22.4. The van der Waals surface area contributed by atoms with E-state index in [1.165, 1.54) is 12.1 Å². The predicted octanol–water partition coefficient (Wildman–Crippen LogP) is 4.50. The molecule has 0 bridgehead atoms. The number of ether oxygens (including phenoxy) is 1. The molecule has 32 heavy (non-hydrogen) atoms. The largest absolute Gasteiger partial charge is 0.482 e. The summed E-state index contributed by atoms with van der Waals surface area (Å²) in [5.41, 5.74) is 7.92. The molecule has 0 saturated heterocycles. The number of hydrogen-bond acceptors (Lipinski definition) is 5. The van der Waals surface area contributed by atoms with Gasteiger partial charge in [0.1, 0.15) is 11.9 Å². The molecule has 1 amide bonds. The Morgan fingerprint density at radius 3 is 2.91 bits per heavy atom. The van der Waals surface area contributed by atoms with Gasteiger partial charge in [-0.3, -0.25) is 9.48 Å². The second-order valence-corrected chi connectivity index (χ2v) is 8.58. The van der Waals surface area contributed by atoms with Crippen LogP contribution in [-0.4, -0.2) is 27.7 Å². The number of nitrogens with two attached hydrogens (primary N) is 1. The summed E-state index contributed by atoms with van der Waals surface area (Å²) >= 11 is 12.3. The van der Waals surface area contributed by atoms with Crippen molar-refractivity contribution in [2.75, 3.05) is 12.8 Å². The lowest BCUT2D eigenvalue weighted by Crippen LogP contribution is -2.21. The molecule has 0 aliphatic heterocycles. The Balaban J connectivity index is 1.51. The lowest BCUT2D eigenvalue weighted by Gasteiger charge is -2.19. The van der Waals surface area contributed by atoms with Crippen LogP contribution in [0.15, 0.2) is 36.8 Å². The smallest absolute Gasteiger partial charge is 0.223 e. The highest BCUT2D eigenvalue weighted by Gasteiger charge is 2.42. The number of aromatic nitrogens is 3. The standard InChI is InChI=1S/C22H22Cl2FN5O2/c1-11(19-16(23)3-4-17(25)20(19)24)32-18-6-12(7-28-21(18)26)14-8-29-30(10-14)9-13-5-15(13)22(31)27-2/h3-4,6-8,10-11,13,15H,5,9H2,1-2H3,(H2,26,28)(H,27,31)/t11?,13?,15-/m0/s1. The third kappa shape index (κ3) is 4.52. The Bertz CT molecular complexity index is 1170. The number of anilines is 1. The van der Waals surface area contributed by atoms with Gasteiger partial charge < -0.3 is 15.8 Å². The lowest BCUT2D eigenvalue weighted by atomic mass is 10.1. The van der Waals surface area contributed by atoms with Crippen molar-refractivity contribution in [3.8, 4) is 16.9 Å². The molecule has 1 aliphatic rings. The van der Waals surface area contributed by atoms with Crippen molar-refractivity contribution in [3.63, 3.8) is 0 Å². The van der Waals surface area contributed by atoms with Crippen molar-refractivity contribution in [1.29, 1.82) is 0 Å². The van der Waals surface area contributed by atoms with Crippen LogP contribution in [0, 0.1) is 17.7 Å². The van der Waals surface area contributed by atoms with Gasteiger partial charge in [0.05, 0.1) is 11.2 Å². The topological polar surface area (TPSA) is 95.1 Å². The van der Waals surface area contributed by atoms with E-state index < -0.39 is 11.9 Å². The second kappa shape index (κ2) is 8.96. The van der Waals surface area contributed by atoms with E-state index in [4.69, 9.17) is 33.7 Å². The summed E-state index contributed by atoms with van der Waals surface area (Å²) in [4.78, 5) is 15.9. The van der Waals surface area contributed by atoms with Crippen LogP contribution >= 0.6 is 23.2 Å². The van der Waals surface area contributed by atoms with Crippen LogP contribution in [0.5, 0.6) is 5.75 Å². The molecule has 1 aromatic carbocycles. The van der Waals surface area contributed by atoms with Gasteiger partial charge >= 0.3 is 0 Å². The number of nitrogen functional groups attached to an aromatic ring is 1. The second-order valence-electron chi connectivity index (χ2n) is 7.79. The van der Waals surface area contributed by atoms with Crippen LogP contribution in [-0.2, 0) is 11.3 Å². The van der Waals surface area contributed by atoms with Crippen molar-refractivity contribution in [3.05, 3.63) is 58.2 Å². The van der Waals surface area contributed by atoms with Gasteiger partial charge in [-0.15, -0.1) is 0 Å².